The van der Waals surface area contributed by atoms with Gasteiger partial charge < -0.3 is 0 Å². The maximum atomic E-state index is 2.41. The number of rotatable bonds is 4. The van der Waals surface area contributed by atoms with Crippen molar-refractivity contribution >= 4 is 70.7 Å². The molecule has 0 heterocycles. The summed E-state index contributed by atoms with van der Waals surface area (Å²) in [5.74, 6) is 0. The van der Waals surface area contributed by atoms with Gasteiger partial charge in [0, 0.05) is 0 Å². The average molecular weight is 661 g/mol. The topological polar surface area (TPSA) is 0 Å². The van der Waals surface area contributed by atoms with E-state index < -0.39 is 0 Å². The molecule has 52 heavy (non-hydrogen) atoms. The minimum Gasteiger partial charge on any atom is -0.0870 e. The highest BCUT2D eigenvalue weighted by Gasteiger charge is 2.18. The van der Waals surface area contributed by atoms with E-state index in [0.717, 1.165) is 0 Å². The minimum absolute atomic E-state index is 1.23. The van der Waals surface area contributed by atoms with Crippen molar-refractivity contribution in [2.24, 2.45) is 0 Å². The molecule has 10 rings (SSSR count). The van der Waals surface area contributed by atoms with Crippen LogP contribution in [0.3, 0.4) is 0 Å². The molecule has 0 atom stereocenters. The second kappa shape index (κ2) is 12.1. The van der Waals surface area contributed by atoms with Crippen LogP contribution in [0.25, 0.3) is 104 Å². The molecule has 244 valence electrons. The minimum atomic E-state index is 1.23. The van der Waals surface area contributed by atoms with Gasteiger partial charge in [0.05, 0.1) is 0 Å². The van der Waals surface area contributed by atoms with Crippen molar-refractivity contribution in [1.29, 1.82) is 0 Å². The quantitative estimate of drug-likeness (QED) is 0.130. The van der Waals surface area contributed by atoms with Crippen molar-refractivity contribution in [3.8, 4) is 33.4 Å². The first-order valence-corrected chi connectivity index (χ1v) is 18.2. The molecular weight excluding hydrogens is 625 g/mol. The van der Waals surface area contributed by atoms with Gasteiger partial charge in [0.15, 0.2) is 0 Å². The molecule has 0 saturated carbocycles. The summed E-state index contributed by atoms with van der Waals surface area (Å²) in [5.41, 5.74) is 10.2. The molecule has 0 aromatic heterocycles. The Hall–Kier alpha value is -6.50. The summed E-state index contributed by atoms with van der Waals surface area (Å²) in [5, 5.41) is 15.3. The van der Waals surface area contributed by atoms with Gasteiger partial charge >= 0.3 is 0 Å². The number of allylic oxidation sites excluding steroid dienone is 1. The number of benzene rings is 10. The first kappa shape index (κ1) is 30.3. The highest BCUT2D eigenvalue weighted by Crippen LogP contribution is 2.46. The fraction of sp³-hybridized carbons (Fsp3) is 0.0385. The summed E-state index contributed by atoms with van der Waals surface area (Å²) in [6.45, 7) is 4.31. The van der Waals surface area contributed by atoms with Crippen LogP contribution < -0.4 is 0 Å². The van der Waals surface area contributed by atoms with Gasteiger partial charge in [-0.1, -0.05) is 164 Å². The Morgan fingerprint density at radius 3 is 1.62 bits per heavy atom. The number of hydrogen-bond donors (Lipinski definition) is 0. The molecule has 0 aliphatic carbocycles. The van der Waals surface area contributed by atoms with Crippen LogP contribution in [0.2, 0.25) is 0 Å². The van der Waals surface area contributed by atoms with E-state index in [1.165, 1.54) is 109 Å². The highest BCUT2D eigenvalue weighted by atomic mass is 14.2. The molecule has 10 aromatic carbocycles. The number of hydrogen-bond acceptors (Lipinski definition) is 0. The van der Waals surface area contributed by atoms with Crippen LogP contribution in [0.15, 0.2) is 176 Å². The molecule has 0 aliphatic rings. The van der Waals surface area contributed by atoms with Gasteiger partial charge in [0.2, 0.25) is 0 Å². The van der Waals surface area contributed by atoms with Crippen LogP contribution >= 0.6 is 0 Å². The zero-order valence-corrected chi connectivity index (χ0v) is 29.3. The Kier molecular flexibility index (Phi) is 7.05. The van der Waals surface area contributed by atoms with Crippen molar-refractivity contribution in [2.75, 3.05) is 0 Å². The highest BCUT2D eigenvalue weighted by molar-refractivity contribution is 6.24. The summed E-state index contributed by atoms with van der Waals surface area (Å²) in [6.07, 6.45) is 4.40. The lowest BCUT2D eigenvalue weighted by molar-refractivity contribution is 1.48. The summed E-state index contributed by atoms with van der Waals surface area (Å²) < 4.78 is 0. The second-order valence-corrected chi connectivity index (χ2v) is 14.0. The smallest absolute Gasteiger partial charge is 0.00201 e. The maximum absolute atomic E-state index is 2.41. The first-order valence-electron chi connectivity index (χ1n) is 18.2. The predicted molar refractivity (Wildman–Crippen MR) is 227 cm³/mol. The third-order valence-electron chi connectivity index (χ3n) is 11.1. The predicted octanol–water partition coefficient (Wildman–Crippen LogP) is 14.9. The van der Waals surface area contributed by atoms with Crippen molar-refractivity contribution < 1.29 is 0 Å². The Morgan fingerprint density at radius 2 is 0.904 bits per heavy atom. The summed E-state index contributed by atoms with van der Waals surface area (Å²) in [7, 11) is 0. The van der Waals surface area contributed by atoms with Gasteiger partial charge in [-0.25, -0.2) is 0 Å². The molecule has 0 aliphatic heterocycles. The van der Waals surface area contributed by atoms with Crippen LogP contribution in [-0.2, 0) is 0 Å². The Labute approximate surface area is 303 Å². The van der Waals surface area contributed by atoms with E-state index in [1.807, 2.05) is 0 Å². The van der Waals surface area contributed by atoms with Crippen molar-refractivity contribution in [3.05, 3.63) is 187 Å². The van der Waals surface area contributed by atoms with Crippen molar-refractivity contribution in [2.45, 2.75) is 13.8 Å². The van der Waals surface area contributed by atoms with E-state index in [2.05, 4.69) is 196 Å². The van der Waals surface area contributed by atoms with E-state index in [4.69, 9.17) is 0 Å². The van der Waals surface area contributed by atoms with Crippen molar-refractivity contribution in [1.82, 2.24) is 0 Å². The molecule has 0 nitrogen and oxygen atoms in total. The van der Waals surface area contributed by atoms with Crippen LogP contribution in [0.4, 0.5) is 0 Å². The molecule has 10 aromatic rings. The third kappa shape index (κ3) is 4.69. The van der Waals surface area contributed by atoms with E-state index in [0.29, 0.717) is 0 Å². The molecule has 0 heteroatoms. The lowest BCUT2D eigenvalue weighted by Crippen LogP contribution is -1.92. The van der Waals surface area contributed by atoms with E-state index in [9.17, 15) is 0 Å². The normalized spacial score (nSPS) is 12.0. The molecule has 0 spiro atoms. The molecule has 0 N–H and O–H groups in total. The molecule has 0 bridgehead atoms. The maximum Gasteiger partial charge on any atom is -0.00201 e. The zero-order valence-electron chi connectivity index (χ0n) is 29.3. The lowest BCUT2D eigenvalue weighted by Gasteiger charge is -2.19. The van der Waals surface area contributed by atoms with E-state index >= 15 is 0 Å². The van der Waals surface area contributed by atoms with Gasteiger partial charge in [-0.15, -0.1) is 0 Å². The van der Waals surface area contributed by atoms with Crippen molar-refractivity contribution in [3.63, 3.8) is 0 Å². The van der Waals surface area contributed by atoms with Gasteiger partial charge in [-0.05, 0) is 141 Å². The summed E-state index contributed by atoms with van der Waals surface area (Å²) in [6, 6.07) is 63.2. The third-order valence-corrected chi connectivity index (χ3v) is 11.1. The van der Waals surface area contributed by atoms with Crippen LogP contribution in [-0.4, -0.2) is 0 Å². The molecule has 0 fully saturated rings. The zero-order chi connectivity index (χ0) is 34.8. The molecule has 0 saturated heterocycles. The van der Waals surface area contributed by atoms with Crippen LogP contribution in [0.1, 0.15) is 18.1 Å². The Bertz CT molecular complexity index is 3020. The first-order chi connectivity index (χ1) is 25.7. The molecular formula is C52H36. The van der Waals surface area contributed by atoms with Gasteiger partial charge in [-0.2, -0.15) is 0 Å². The van der Waals surface area contributed by atoms with E-state index in [-0.39, 0.29) is 0 Å². The number of fused-ring (bicyclic) bond motifs is 7. The molecule has 0 unspecified atom stereocenters. The monoisotopic (exact) mass is 660 g/mol. The van der Waals surface area contributed by atoms with Crippen LogP contribution in [0, 0.1) is 6.92 Å². The molecule has 0 amide bonds. The van der Waals surface area contributed by atoms with Gasteiger partial charge in [-0.3, -0.25) is 0 Å². The Balaban J connectivity index is 1.22. The second-order valence-electron chi connectivity index (χ2n) is 14.0. The fourth-order valence-electron chi connectivity index (χ4n) is 8.68. The molecule has 0 radical (unpaired) electrons. The Morgan fingerprint density at radius 1 is 0.346 bits per heavy atom. The largest absolute Gasteiger partial charge is 0.0870 e. The van der Waals surface area contributed by atoms with Gasteiger partial charge in [0.25, 0.3) is 0 Å². The van der Waals surface area contributed by atoms with E-state index in [1.54, 1.807) is 0 Å². The fourth-order valence-corrected chi connectivity index (χ4v) is 8.68. The summed E-state index contributed by atoms with van der Waals surface area (Å²) in [4.78, 5) is 0. The standard InChI is InChI=1S/C52H36/c1-3-13-39-33(2)24-29-43-41-17-6-7-18-42(41)49(32-50(39)43)36-27-25-34-26-28-37(31-38(34)30-36)51-45-19-8-10-21-47(45)52(48-22-11-9-20-46(48)51)44-23-12-15-35-14-4-5-16-40(35)44/h3-32H,1-2H3/b13-3-. The van der Waals surface area contributed by atoms with Gasteiger partial charge in [0.1, 0.15) is 0 Å². The average Bonchev–Trinajstić information content (AvgIpc) is 3.20. The lowest BCUT2D eigenvalue weighted by atomic mass is 9.84. The SMILES string of the molecule is C/C=C\c1c(C)ccc2c1cc(-c1ccc3ccc(-c4c5ccccc5c(-c5cccc6ccccc56)c5ccccc45)cc3c1)c1ccccc12. The van der Waals surface area contributed by atoms with Crippen LogP contribution in [0.5, 0.6) is 0 Å². The summed E-state index contributed by atoms with van der Waals surface area (Å²) >= 11 is 0. The number of aryl methyl sites for hydroxylation is 1.